The molecule has 1 aromatic carbocycles. The molecule has 0 aromatic heterocycles. The second-order valence-electron chi connectivity index (χ2n) is 5.89. The zero-order valence-electron chi connectivity index (χ0n) is 14.6. The SMILES string of the molecule is CCCNC(=O)NC(=O)CN1C(=O)NC(CC)(c2ccc(F)cc2)C1=O. The fraction of sp³-hybridized carbons (Fsp3) is 0.412. The van der Waals surface area contributed by atoms with Crippen LogP contribution in [0.3, 0.4) is 0 Å². The largest absolute Gasteiger partial charge is 0.338 e. The van der Waals surface area contributed by atoms with Crippen LogP contribution >= 0.6 is 0 Å². The predicted octanol–water partition coefficient (Wildman–Crippen LogP) is 1.22. The molecule has 1 aliphatic heterocycles. The minimum atomic E-state index is -1.37. The second-order valence-corrected chi connectivity index (χ2v) is 5.89. The van der Waals surface area contributed by atoms with Gasteiger partial charge in [0, 0.05) is 6.54 Å². The van der Waals surface area contributed by atoms with Crippen LogP contribution in [0.1, 0.15) is 32.3 Å². The molecule has 1 aromatic rings. The van der Waals surface area contributed by atoms with Gasteiger partial charge in [0.2, 0.25) is 5.91 Å². The average Bonchev–Trinajstić information content (AvgIpc) is 2.85. The summed E-state index contributed by atoms with van der Waals surface area (Å²) in [6.07, 6.45) is 0.920. The number of benzene rings is 1. The molecule has 2 rings (SSSR count). The number of hydrogen-bond donors (Lipinski definition) is 3. The van der Waals surface area contributed by atoms with Crippen LogP contribution in [-0.2, 0) is 15.1 Å². The van der Waals surface area contributed by atoms with E-state index in [1.165, 1.54) is 24.3 Å². The molecule has 1 aliphatic rings. The molecule has 140 valence electrons. The Labute approximate surface area is 150 Å². The van der Waals surface area contributed by atoms with Gasteiger partial charge in [0.15, 0.2) is 0 Å². The summed E-state index contributed by atoms with van der Waals surface area (Å²) in [4.78, 5) is 49.2. The van der Waals surface area contributed by atoms with Gasteiger partial charge in [-0.1, -0.05) is 26.0 Å². The maximum atomic E-state index is 13.2. The fourth-order valence-corrected chi connectivity index (χ4v) is 2.74. The van der Waals surface area contributed by atoms with Crippen molar-refractivity contribution in [2.45, 2.75) is 32.2 Å². The number of urea groups is 2. The van der Waals surface area contributed by atoms with Crippen LogP contribution in [0.5, 0.6) is 0 Å². The van der Waals surface area contributed by atoms with Crippen molar-refractivity contribution < 1.29 is 23.6 Å². The number of nitrogens with zero attached hydrogens (tertiary/aromatic N) is 1. The van der Waals surface area contributed by atoms with Gasteiger partial charge in [-0.2, -0.15) is 0 Å². The number of rotatable bonds is 6. The molecule has 1 fully saturated rings. The van der Waals surface area contributed by atoms with Crippen molar-refractivity contribution in [3.8, 4) is 0 Å². The molecule has 1 saturated heterocycles. The van der Waals surface area contributed by atoms with E-state index in [1.54, 1.807) is 6.92 Å². The topological polar surface area (TPSA) is 108 Å². The van der Waals surface area contributed by atoms with Crippen molar-refractivity contribution in [1.29, 1.82) is 0 Å². The third-order valence-corrected chi connectivity index (χ3v) is 4.13. The van der Waals surface area contributed by atoms with E-state index in [0.29, 0.717) is 18.5 Å². The van der Waals surface area contributed by atoms with Crippen molar-refractivity contribution in [2.24, 2.45) is 0 Å². The molecular weight excluding hydrogens is 343 g/mol. The lowest BCUT2D eigenvalue weighted by molar-refractivity contribution is -0.135. The summed E-state index contributed by atoms with van der Waals surface area (Å²) in [6, 6.07) is 3.78. The number of carbonyl (C=O) groups excluding carboxylic acids is 4. The number of hydrogen-bond acceptors (Lipinski definition) is 4. The van der Waals surface area contributed by atoms with E-state index in [2.05, 4.69) is 16.0 Å². The van der Waals surface area contributed by atoms with Gasteiger partial charge >= 0.3 is 12.1 Å². The fourth-order valence-electron chi connectivity index (χ4n) is 2.74. The van der Waals surface area contributed by atoms with Gasteiger partial charge in [-0.3, -0.25) is 19.8 Å². The lowest BCUT2D eigenvalue weighted by Crippen LogP contribution is -2.47. The summed E-state index contributed by atoms with van der Waals surface area (Å²) in [6.45, 7) is 3.36. The highest BCUT2D eigenvalue weighted by Crippen LogP contribution is 2.32. The minimum Gasteiger partial charge on any atom is -0.338 e. The number of halogens is 1. The van der Waals surface area contributed by atoms with Gasteiger partial charge in [-0.15, -0.1) is 0 Å². The molecule has 0 aliphatic carbocycles. The Morgan fingerprint density at radius 3 is 2.42 bits per heavy atom. The first-order chi connectivity index (χ1) is 12.3. The molecule has 0 radical (unpaired) electrons. The number of carbonyl (C=O) groups is 4. The Morgan fingerprint density at radius 1 is 1.19 bits per heavy atom. The van der Waals surface area contributed by atoms with E-state index in [1.807, 2.05) is 6.92 Å². The Kier molecular flexibility index (Phi) is 5.91. The third kappa shape index (κ3) is 3.81. The van der Waals surface area contributed by atoms with Gasteiger partial charge in [-0.05, 0) is 30.5 Å². The summed E-state index contributed by atoms with van der Waals surface area (Å²) < 4.78 is 13.2. The first-order valence-electron chi connectivity index (χ1n) is 8.32. The van der Waals surface area contributed by atoms with Gasteiger partial charge in [0.1, 0.15) is 17.9 Å². The normalized spacial score (nSPS) is 19.3. The molecule has 8 nitrogen and oxygen atoms in total. The molecule has 1 unspecified atom stereocenters. The molecule has 0 saturated carbocycles. The molecule has 26 heavy (non-hydrogen) atoms. The van der Waals surface area contributed by atoms with Crippen LogP contribution in [0.2, 0.25) is 0 Å². The minimum absolute atomic E-state index is 0.221. The zero-order valence-corrected chi connectivity index (χ0v) is 14.6. The Morgan fingerprint density at radius 2 is 1.85 bits per heavy atom. The molecule has 3 N–H and O–H groups in total. The first kappa shape index (κ1) is 19.4. The molecular formula is C17H21FN4O4. The van der Waals surface area contributed by atoms with Gasteiger partial charge < -0.3 is 10.6 Å². The molecule has 6 amide bonds. The molecule has 0 bridgehead atoms. The van der Waals surface area contributed by atoms with Crippen molar-refractivity contribution in [3.05, 3.63) is 35.6 Å². The molecule has 9 heteroatoms. The standard InChI is InChI=1S/C17H21FN4O4/c1-3-9-19-15(25)20-13(23)10-22-14(24)17(4-2,21-16(22)26)11-5-7-12(18)8-6-11/h5-8H,3-4,9-10H2,1-2H3,(H,21,26)(H2,19,20,23,25). The van der Waals surface area contributed by atoms with Crippen LogP contribution in [0, 0.1) is 5.82 Å². The average molecular weight is 364 g/mol. The molecule has 0 spiro atoms. The van der Waals surface area contributed by atoms with E-state index in [9.17, 15) is 23.6 Å². The van der Waals surface area contributed by atoms with Crippen molar-refractivity contribution >= 4 is 23.9 Å². The summed E-state index contributed by atoms with van der Waals surface area (Å²) >= 11 is 0. The van der Waals surface area contributed by atoms with Gasteiger partial charge in [0.25, 0.3) is 5.91 Å². The number of nitrogens with one attached hydrogen (secondary N) is 3. The van der Waals surface area contributed by atoms with Crippen molar-refractivity contribution in [1.82, 2.24) is 20.9 Å². The Bertz CT molecular complexity index is 722. The first-order valence-corrected chi connectivity index (χ1v) is 8.32. The van der Waals surface area contributed by atoms with E-state index in [4.69, 9.17) is 0 Å². The van der Waals surface area contributed by atoms with E-state index >= 15 is 0 Å². The number of amides is 6. The lowest BCUT2D eigenvalue weighted by atomic mass is 9.87. The van der Waals surface area contributed by atoms with Crippen LogP contribution in [0.4, 0.5) is 14.0 Å². The lowest BCUT2D eigenvalue weighted by Gasteiger charge is -2.25. The highest BCUT2D eigenvalue weighted by molar-refractivity contribution is 6.10. The third-order valence-electron chi connectivity index (χ3n) is 4.13. The Hall–Kier alpha value is -2.97. The van der Waals surface area contributed by atoms with Gasteiger partial charge in [-0.25, -0.2) is 14.0 Å². The van der Waals surface area contributed by atoms with Gasteiger partial charge in [0.05, 0.1) is 0 Å². The zero-order chi connectivity index (χ0) is 19.3. The van der Waals surface area contributed by atoms with Crippen LogP contribution in [-0.4, -0.2) is 41.9 Å². The number of imide groups is 2. The van der Waals surface area contributed by atoms with E-state index in [0.717, 1.165) is 4.90 Å². The quantitative estimate of drug-likeness (QED) is 0.660. The highest BCUT2D eigenvalue weighted by Gasteiger charge is 2.51. The van der Waals surface area contributed by atoms with Crippen molar-refractivity contribution in [3.63, 3.8) is 0 Å². The van der Waals surface area contributed by atoms with Crippen LogP contribution in [0.15, 0.2) is 24.3 Å². The maximum absolute atomic E-state index is 13.2. The summed E-state index contributed by atoms with van der Waals surface area (Å²) in [5, 5.41) is 7.10. The highest BCUT2D eigenvalue weighted by atomic mass is 19.1. The van der Waals surface area contributed by atoms with E-state index in [-0.39, 0.29) is 6.42 Å². The van der Waals surface area contributed by atoms with Crippen LogP contribution < -0.4 is 16.0 Å². The smallest absolute Gasteiger partial charge is 0.325 e. The summed E-state index contributed by atoms with van der Waals surface area (Å²) in [5.41, 5.74) is -0.946. The second kappa shape index (κ2) is 7.94. The van der Waals surface area contributed by atoms with Crippen LogP contribution in [0.25, 0.3) is 0 Å². The van der Waals surface area contributed by atoms with E-state index < -0.39 is 41.8 Å². The maximum Gasteiger partial charge on any atom is 0.325 e. The predicted molar refractivity (Wildman–Crippen MR) is 90.4 cm³/mol. The molecule has 1 atom stereocenters. The van der Waals surface area contributed by atoms with Crippen molar-refractivity contribution in [2.75, 3.05) is 13.1 Å². The Balaban J connectivity index is 2.13. The molecule has 1 heterocycles. The summed E-state index contributed by atoms with van der Waals surface area (Å²) in [5.74, 6) is -1.88. The summed E-state index contributed by atoms with van der Waals surface area (Å²) in [7, 11) is 0. The monoisotopic (exact) mass is 364 g/mol.